The van der Waals surface area contributed by atoms with E-state index in [0.29, 0.717) is 24.7 Å². The van der Waals surface area contributed by atoms with Crippen LogP contribution in [-0.2, 0) is 0 Å². The van der Waals surface area contributed by atoms with E-state index < -0.39 is 0 Å². The zero-order chi connectivity index (χ0) is 10.4. The molecule has 3 N–H and O–H groups in total. The van der Waals surface area contributed by atoms with E-state index in [1.54, 1.807) is 12.3 Å². The molecule has 0 radical (unpaired) electrons. The second-order valence-corrected chi connectivity index (χ2v) is 2.76. The fourth-order valence-electron chi connectivity index (χ4n) is 1.07. The molecule has 1 aromatic heterocycles. The van der Waals surface area contributed by atoms with Gasteiger partial charge in [0.1, 0.15) is 11.6 Å². The molecule has 0 aliphatic carbocycles. The fourth-order valence-corrected chi connectivity index (χ4v) is 1.07. The van der Waals surface area contributed by atoms with E-state index in [1.807, 2.05) is 4.90 Å². The number of aromatic nitrogens is 2. The lowest BCUT2D eigenvalue weighted by Crippen LogP contribution is -2.27. The molecular formula is C9H14N4O. The molecule has 1 aromatic rings. The second kappa shape index (κ2) is 5.18. The van der Waals surface area contributed by atoms with Crippen molar-refractivity contribution < 1.29 is 5.11 Å². The Morgan fingerprint density at radius 3 is 2.79 bits per heavy atom. The highest BCUT2D eigenvalue weighted by Gasteiger charge is 2.04. The van der Waals surface area contributed by atoms with Gasteiger partial charge in [0.15, 0.2) is 0 Å². The Hall–Kier alpha value is -1.62. The summed E-state index contributed by atoms with van der Waals surface area (Å²) < 4.78 is 0. The van der Waals surface area contributed by atoms with Gasteiger partial charge in [-0.1, -0.05) is 6.08 Å². The normalized spacial score (nSPS) is 9.79. The first kappa shape index (κ1) is 10.5. The summed E-state index contributed by atoms with van der Waals surface area (Å²) in [7, 11) is 0. The molecule has 1 heterocycles. The summed E-state index contributed by atoms with van der Waals surface area (Å²) in [5.74, 6) is 1.07. The smallest absolute Gasteiger partial charge is 0.147 e. The van der Waals surface area contributed by atoms with Gasteiger partial charge in [0.2, 0.25) is 0 Å². The monoisotopic (exact) mass is 194 g/mol. The molecule has 0 bridgehead atoms. The lowest BCUT2D eigenvalue weighted by molar-refractivity contribution is 0.302. The molecule has 0 fully saturated rings. The van der Waals surface area contributed by atoms with Crippen molar-refractivity contribution in [2.75, 3.05) is 30.3 Å². The van der Waals surface area contributed by atoms with Crippen molar-refractivity contribution in [2.45, 2.75) is 0 Å². The van der Waals surface area contributed by atoms with Gasteiger partial charge < -0.3 is 15.7 Å². The molecule has 0 saturated heterocycles. The van der Waals surface area contributed by atoms with Crippen molar-refractivity contribution in [3.05, 3.63) is 25.0 Å². The van der Waals surface area contributed by atoms with E-state index in [4.69, 9.17) is 10.8 Å². The maximum absolute atomic E-state index is 8.83. The highest BCUT2D eigenvalue weighted by molar-refractivity contribution is 5.39. The van der Waals surface area contributed by atoms with Crippen LogP contribution < -0.4 is 10.6 Å². The second-order valence-electron chi connectivity index (χ2n) is 2.76. The van der Waals surface area contributed by atoms with Gasteiger partial charge in [-0.05, 0) is 0 Å². The molecular weight excluding hydrogens is 180 g/mol. The molecule has 0 saturated carbocycles. The maximum atomic E-state index is 8.83. The number of hydrogen-bond donors (Lipinski definition) is 2. The van der Waals surface area contributed by atoms with E-state index in [2.05, 4.69) is 16.5 Å². The van der Waals surface area contributed by atoms with Crippen molar-refractivity contribution in [1.29, 1.82) is 0 Å². The van der Waals surface area contributed by atoms with E-state index in [1.165, 1.54) is 6.20 Å². The van der Waals surface area contributed by atoms with Crippen LogP contribution in [0.4, 0.5) is 11.6 Å². The first-order valence-corrected chi connectivity index (χ1v) is 4.32. The van der Waals surface area contributed by atoms with E-state index in [9.17, 15) is 0 Å². The first-order chi connectivity index (χ1) is 6.77. The molecule has 5 nitrogen and oxygen atoms in total. The van der Waals surface area contributed by atoms with Crippen LogP contribution >= 0.6 is 0 Å². The van der Waals surface area contributed by atoms with Gasteiger partial charge >= 0.3 is 0 Å². The molecule has 14 heavy (non-hydrogen) atoms. The topological polar surface area (TPSA) is 75.3 Å². The van der Waals surface area contributed by atoms with Crippen LogP contribution in [0.15, 0.2) is 25.0 Å². The quantitative estimate of drug-likeness (QED) is 0.647. The minimum absolute atomic E-state index is 0.0693. The maximum Gasteiger partial charge on any atom is 0.147 e. The third-order valence-electron chi connectivity index (χ3n) is 1.70. The zero-order valence-corrected chi connectivity index (χ0v) is 7.93. The predicted octanol–water partition coefficient (Wildman–Crippen LogP) is 0.0435. The molecule has 1 rings (SSSR count). The van der Waals surface area contributed by atoms with Crippen LogP contribution in [0, 0.1) is 0 Å². The third-order valence-corrected chi connectivity index (χ3v) is 1.70. The minimum Gasteiger partial charge on any atom is -0.395 e. The lowest BCUT2D eigenvalue weighted by Gasteiger charge is -2.20. The number of hydrogen-bond acceptors (Lipinski definition) is 5. The summed E-state index contributed by atoms with van der Waals surface area (Å²) in [5.41, 5.74) is 5.41. The standard InChI is InChI=1S/C9H14N4O/c1-2-3-13(4-5-14)9-7-11-8(10)6-12-9/h2,6-7,14H,1,3-5H2,(H2,10,11). The number of rotatable bonds is 5. The van der Waals surface area contributed by atoms with Crippen molar-refractivity contribution in [3.8, 4) is 0 Å². The van der Waals surface area contributed by atoms with E-state index in [0.717, 1.165) is 0 Å². The molecule has 0 amide bonds. The number of nitrogen functional groups attached to an aromatic ring is 1. The number of aliphatic hydroxyl groups excluding tert-OH is 1. The van der Waals surface area contributed by atoms with Crippen LogP contribution in [0.25, 0.3) is 0 Å². The SMILES string of the molecule is C=CCN(CCO)c1cnc(N)cn1. The summed E-state index contributed by atoms with van der Waals surface area (Å²) in [6.45, 7) is 4.83. The van der Waals surface area contributed by atoms with Crippen LogP contribution in [0.2, 0.25) is 0 Å². The van der Waals surface area contributed by atoms with Gasteiger partial charge in [0.25, 0.3) is 0 Å². The summed E-state index contributed by atoms with van der Waals surface area (Å²) in [6.07, 6.45) is 4.81. The highest BCUT2D eigenvalue weighted by Crippen LogP contribution is 2.08. The molecule has 0 spiro atoms. The fraction of sp³-hybridized carbons (Fsp3) is 0.333. The molecule has 0 unspecified atom stereocenters. The van der Waals surface area contributed by atoms with Gasteiger partial charge in [-0.15, -0.1) is 6.58 Å². The molecule has 0 aromatic carbocycles. The number of aliphatic hydroxyl groups is 1. The number of nitrogens with zero attached hydrogens (tertiary/aromatic N) is 3. The van der Waals surface area contributed by atoms with Gasteiger partial charge in [-0.3, -0.25) is 0 Å². The summed E-state index contributed by atoms with van der Waals surface area (Å²) in [4.78, 5) is 9.88. The van der Waals surface area contributed by atoms with Gasteiger partial charge in [0, 0.05) is 13.1 Å². The average molecular weight is 194 g/mol. The zero-order valence-electron chi connectivity index (χ0n) is 7.93. The average Bonchev–Trinajstić information content (AvgIpc) is 2.19. The molecule has 0 atom stereocenters. The predicted molar refractivity (Wildman–Crippen MR) is 55.9 cm³/mol. The Labute approximate surface area is 82.9 Å². The van der Waals surface area contributed by atoms with Crippen molar-refractivity contribution >= 4 is 11.6 Å². The third kappa shape index (κ3) is 2.70. The highest BCUT2D eigenvalue weighted by atomic mass is 16.3. The van der Waals surface area contributed by atoms with E-state index in [-0.39, 0.29) is 6.61 Å². The summed E-state index contributed by atoms with van der Waals surface area (Å²) in [6, 6.07) is 0. The number of nitrogens with two attached hydrogens (primary N) is 1. The molecule has 76 valence electrons. The van der Waals surface area contributed by atoms with Crippen molar-refractivity contribution in [2.24, 2.45) is 0 Å². The van der Waals surface area contributed by atoms with Gasteiger partial charge in [-0.25, -0.2) is 9.97 Å². The van der Waals surface area contributed by atoms with E-state index >= 15 is 0 Å². The van der Waals surface area contributed by atoms with Crippen LogP contribution in [0.5, 0.6) is 0 Å². The Morgan fingerprint density at radius 2 is 2.29 bits per heavy atom. The Bertz CT molecular complexity index is 285. The minimum atomic E-state index is 0.0693. The number of anilines is 2. The summed E-state index contributed by atoms with van der Waals surface area (Å²) in [5, 5.41) is 8.83. The molecule has 5 heteroatoms. The Balaban J connectivity index is 2.76. The van der Waals surface area contributed by atoms with Gasteiger partial charge in [-0.2, -0.15) is 0 Å². The van der Waals surface area contributed by atoms with Crippen LogP contribution in [0.1, 0.15) is 0 Å². The van der Waals surface area contributed by atoms with Crippen LogP contribution in [-0.4, -0.2) is 34.8 Å². The lowest BCUT2D eigenvalue weighted by atomic mass is 10.4. The molecule has 0 aliphatic heterocycles. The summed E-state index contributed by atoms with van der Waals surface area (Å²) >= 11 is 0. The van der Waals surface area contributed by atoms with Crippen LogP contribution in [0.3, 0.4) is 0 Å². The Kier molecular flexibility index (Phi) is 3.87. The first-order valence-electron chi connectivity index (χ1n) is 4.32. The van der Waals surface area contributed by atoms with Crippen molar-refractivity contribution in [3.63, 3.8) is 0 Å². The largest absolute Gasteiger partial charge is 0.395 e. The Morgan fingerprint density at radius 1 is 1.50 bits per heavy atom. The van der Waals surface area contributed by atoms with Gasteiger partial charge in [0.05, 0.1) is 19.0 Å². The molecule has 0 aliphatic rings. The van der Waals surface area contributed by atoms with Crippen molar-refractivity contribution in [1.82, 2.24) is 9.97 Å².